The SMILES string of the molecule is CC(C)C(CNS(=O)(=O)CC1CCNCC1)C(C)C. The molecule has 19 heavy (non-hydrogen) atoms. The first-order chi connectivity index (χ1) is 8.82. The topological polar surface area (TPSA) is 58.2 Å². The van der Waals surface area contributed by atoms with Gasteiger partial charge in [0.15, 0.2) is 0 Å². The van der Waals surface area contributed by atoms with Crippen LogP contribution in [0.25, 0.3) is 0 Å². The zero-order valence-corrected chi connectivity index (χ0v) is 13.6. The van der Waals surface area contributed by atoms with Gasteiger partial charge < -0.3 is 5.32 Å². The minimum atomic E-state index is -3.12. The summed E-state index contributed by atoms with van der Waals surface area (Å²) in [5, 5.41) is 3.27. The molecule has 0 spiro atoms. The Morgan fingerprint density at radius 1 is 1.11 bits per heavy atom. The highest BCUT2D eigenvalue weighted by Gasteiger charge is 2.24. The van der Waals surface area contributed by atoms with Crippen LogP contribution in [0, 0.1) is 23.7 Å². The third-order valence-electron chi connectivity index (χ3n) is 4.17. The van der Waals surface area contributed by atoms with E-state index in [0.717, 1.165) is 25.9 Å². The standard InChI is InChI=1S/C14H30N2O2S/c1-11(2)14(12(3)4)9-16-19(17,18)10-13-5-7-15-8-6-13/h11-16H,5-10H2,1-4H3. The zero-order valence-electron chi connectivity index (χ0n) is 12.8. The summed E-state index contributed by atoms with van der Waals surface area (Å²) in [6, 6.07) is 0. The van der Waals surface area contributed by atoms with Gasteiger partial charge in [-0.25, -0.2) is 13.1 Å². The molecule has 0 atom stereocenters. The van der Waals surface area contributed by atoms with Crippen LogP contribution in [0.5, 0.6) is 0 Å². The van der Waals surface area contributed by atoms with Gasteiger partial charge in [0.2, 0.25) is 10.0 Å². The van der Waals surface area contributed by atoms with Gasteiger partial charge in [0.25, 0.3) is 0 Å². The monoisotopic (exact) mass is 290 g/mol. The predicted octanol–water partition coefficient (Wildman–Crippen LogP) is 1.83. The summed E-state index contributed by atoms with van der Waals surface area (Å²) in [5.41, 5.74) is 0. The Morgan fingerprint density at radius 3 is 2.11 bits per heavy atom. The van der Waals surface area contributed by atoms with Crippen molar-refractivity contribution in [3.8, 4) is 0 Å². The molecule has 4 nitrogen and oxygen atoms in total. The van der Waals surface area contributed by atoms with E-state index in [4.69, 9.17) is 0 Å². The minimum absolute atomic E-state index is 0.289. The first-order valence-corrected chi connectivity index (χ1v) is 9.15. The molecule has 1 aliphatic rings. The fourth-order valence-corrected chi connectivity index (χ4v) is 4.40. The first-order valence-electron chi connectivity index (χ1n) is 7.50. The predicted molar refractivity (Wildman–Crippen MR) is 80.5 cm³/mol. The molecular formula is C14H30N2O2S. The Morgan fingerprint density at radius 2 is 1.63 bits per heavy atom. The third kappa shape index (κ3) is 6.23. The van der Waals surface area contributed by atoms with Crippen molar-refractivity contribution in [2.24, 2.45) is 23.7 Å². The number of sulfonamides is 1. The second-order valence-electron chi connectivity index (χ2n) is 6.48. The van der Waals surface area contributed by atoms with Gasteiger partial charge in [-0.3, -0.25) is 0 Å². The highest BCUT2D eigenvalue weighted by atomic mass is 32.2. The average molecular weight is 290 g/mol. The second kappa shape index (κ2) is 7.60. The van der Waals surface area contributed by atoms with Crippen molar-refractivity contribution in [2.75, 3.05) is 25.4 Å². The van der Waals surface area contributed by atoms with Crippen LogP contribution in [-0.4, -0.2) is 33.8 Å². The molecule has 0 radical (unpaired) electrons. The van der Waals surface area contributed by atoms with Gasteiger partial charge >= 0.3 is 0 Å². The lowest BCUT2D eigenvalue weighted by molar-refractivity contribution is 0.288. The zero-order chi connectivity index (χ0) is 14.5. The fraction of sp³-hybridized carbons (Fsp3) is 1.00. The van der Waals surface area contributed by atoms with Gasteiger partial charge in [-0.15, -0.1) is 0 Å². The Hall–Kier alpha value is -0.130. The van der Waals surface area contributed by atoms with E-state index in [1.54, 1.807) is 0 Å². The summed E-state index contributed by atoms with van der Waals surface area (Å²) in [6.45, 7) is 11.1. The number of nitrogens with one attached hydrogen (secondary N) is 2. The van der Waals surface area contributed by atoms with E-state index in [9.17, 15) is 8.42 Å². The largest absolute Gasteiger partial charge is 0.317 e. The van der Waals surface area contributed by atoms with E-state index in [1.165, 1.54) is 0 Å². The van der Waals surface area contributed by atoms with Crippen molar-refractivity contribution in [3.63, 3.8) is 0 Å². The summed E-state index contributed by atoms with van der Waals surface area (Å²) in [6.07, 6.45) is 1.94. The van der Waals surface area contributed by atoms with E-state index >= 15 is 0 Å². The lowest BCUT2D eigenvalue weighted by Crippen LogP contribution is -2.39. The minimum Gasteiger partial charge on any atom is -0.317 e. The highest BCUT2D eigenvalue weighted by molar-refractivity contribution is 7.89. The summed E-state index contributed by atoms with van der Waals surface area (Å²) in [4.78, 5) is 0. The van der Waals surface area contributed by atoms with E-state index in [1.807, 2.05) is 0 Å². The number of hydrogen-bond donors (Lipinski definition) is 2. The van der Waals surface area contributed by atoms with Crippen molar-refractivity contribution in [1.29, 1.82) is 0 Å². The Bertz CT molecular complexity index is 338. The van der Waals surface area contributed by atoms with Crippen LogP contribution in [-0.2, 0) is 10.0 Å². The Kier molecular flexibility index (Phi) is 6.77. The van der Waals surface area contributed by atoms with Crippen molar-refractivity contribution in [1.82, 2.24) is 10.0 Å². The summed E-state index contributed by atoms with van der Waals surface area (Å²) >= 11 is 0. The van der Waals surface area contributed by atoms with Gasteiger partial charge in [0.1, 0.15) is 0 Å². The molecule has 2 N–H and O–H groups in total. The Labute approximate surface area is 118 Å². The van der Waals surface area contributed by atoms with Gasteiger partial charge in [-0.2, -0.15) is 0 Å². The van der Waals surface area contributed by atoms with Crippen LogP contribution < -0.4 is 10.0 Å². The first kappa shape index (κ1) is 16.9. The number of piperidine rings is 1. The maximum absolute atomic E-state index is 12.1. The van der Waals surface area contributed by atoms with Crippen LogP contribution >= 0.6 is 0 Å². The molecule has 0 aromatic heterocycles. The van der Waals surface area contributed by atoms with Gasteiger partial charge in [-0.05, 0) is 49.6 Å². The Balaban J connectivity index is 2.45. The quantitative estimate of drug-likeness (QED) is 0.752. The van der Waals surface area contributed by atoms with E-state index < -0.39 is 10.0 Å². The van der Waals surface area contributed by atoms with Crippen molar-refractivity contribution in [2.45, 2.75) is 40.5 Å². The smallest absolute Gasteiger partial charge is 0.211 e. The average Bonchev–Trinajstić information content (AvgIpc) is 2.28. The van der Waals surface area contributed by atoms with E-state index in [-0.39, 0.29) is 5.75 Å². The number of hydrogen-bond acceptors (Lipinski definition) is 3. The van der Waals surface area contributed by atoms with E-state index in [2.05, 4.69) is 37.7 Å². The van der Waals surface area contributed by atoms with Crippen LogP contribution in [0.4, 0.5) is 0 Å². The van der Waals surface area contributed by atoms with Crippen molar-refractivity contribution < 1.29 is 8.42 Å². The molecule has 0 aromatic carbocycles. The molecule has 0 aliphatic carbocycles. The molecular weight excluding hydrogens is 260 g/mol. The molecule has 0 amide bonds. The summed E-state index contributed by atoms with van der Waals surface area (Å²) in [5.74, 6) is 2.01. The molecule has 1 fully saturated rings. The fourth-order valence-electron chi connectivity index (χ4n) is 2.88. The highest BCUT2D eigenvalue weighted by Crippen LogP contribution is 2.20. The van der Waals surface area contributed by atoms with Gasteiger partial charge in [-0.1, -0.05) is 27.7 Å². The van der Waals surface area contributed by atoms with Gasteiger partial charge in [0, 0.05) is 6.54 Å². The maximum atomic E-state index is 12.1. The van der Waals surface area contributed by atoms with Crippen LogP contribution in [0.2, 0.25) is 0 Å². The molecule has 0 unspecified atom stereocenters. The van der Waals surface area contributed by atoms with Crippen LogP contribution in [0.15, 0.2) is 0 Å². The lowest BCUT2D eigenvalue weighted by Gasteiger charge is -2.26. The van der Waals surface area contributed by atoms with Crippen molar-refractivity contribution >= 4 is 10.0 Å². The van der Waals surface area contributed by atoms with Crippen LogP contribution in [0.1, 0.15) is 40.5 Å². The lowest BCUT2D eigenvalue weighted by atomic mass is 9.86. The molecule has 5 heteroatoms. The molecule has 0 bridgehead atoms. The summed E-state index contributed by atoms with van der Waals surface area (Å²) < 4.78 is 27.1. The van der Waals surface area contributed by atoms with Crippen molar-refractivity contribution in [3.05, 3.63) is 0 Å². The van der Waals surface area contributed by atoms with E-state index in [0.29, 0.717) is 30.2 Å². The third-order valence-corrected chi connectivity index (χ3v) is 5.68. The maximum Gasteiger partial charge on any atom is 0.211 e. The normalized spacial score (nSPS) is 18.7. The second-order valence-corrected chi connectivity index (χ2v) is 8.33. The van der Waals surface area contributed by atoms with Crippen LogP contribution in [0.3, 0.4) is 0 Å². The molecule has 1 heterocycles. The molecule has 0 saturated carbocycles. The van der Waals surface area contributed by atoms with Gasteiger partial charge in [0.05, 0.1) is 5.75 Å². The number of rotatable bonds is 7. The summed E-state index contributed by atoms with van der Waals surface area (Å²) in [7, 11) is -3.12. The molecule has 114 valence electrons. The molecule has 0 aromatic rings. The molecule has 1 rings (SSSR count). The molecule has 1 aliphatic heterocycles. The molecule has 1 saturated heterocycles.